The number of esters is 1. The van der Waals surface area contributed by atoms with Gasteiger partial charge in [0, 0.05) is 20.2 Å². The number of hydrogen-bond acceptors (Lipinski definition) is 4. The molecular formula is C14H20FNO3. The van der Waals surface area contributed by atoms with E-state index in [9.17, 15) is 9.18 Å². The monoisotopic (exact) mass is 269 g/mol. The number of halogens is 1. The summed E-state index contributed by atoms with van der Waals surface area (Å²) in [5, 5.41) is 0. The molecule has 0 saturated heterocycles. The number of hydrogen-bond donors (Lipinski definition) is 0. The molecule has 0 N–H and O–H groups in total. The maximum absolute atomic E-state index is 13.7. The fraction of sp³-hybridized carbons (Fsp3) is 0.500. The van der Waals surface area contributed by atoms with Gasteiger partial charge in [-0.1, -0.05) is 13.0 Å². The Balaban J connectivity index is 2.74. The molecule has 4 nitrogen and oxygen atoms in total. The Kier molecular flexibility index (Phi) is 6.45. The summed E-state index contributed by atoms with van der Waals surface area (Å²) in [6, 6.07) is 4.58. The Labute approximate surface area is 113 Å². The standard InChI is InChI=1S/C14H20FNO3/c1-4-16(7-8-18-2)10-11-5-6-12(13(15)9-11)14(17)19-3/h5-6,9H,4,7-8,10H2,1-3H3. The first kappa shape index (κ1) is 15.6. The quantitative estimate of drug-likeness (QED) is 0.710. The molecule has 0 heterocycles. The average molecular weight is 269 g/mol. The third-order valence-corrected chi connectivity index (χ3v) is 2.90. The molecule has 0 aromatic heterocycles. The molecule has 5 heteroatoms. The zero-order valence-electron chi connectivity index (χ0n) is 11.6. The highest BCUT2D eigenvalue weighted by Crippen LogP contribution is 2.13. The SMILES string of the molecule is CCN(CCOC)Cc1ccc(C(=O)OC)c(F)c1. The summed E-state index contributed by atoms with van der Waals surface area (Å²) in [6.07, 6.45) is 0. The molecule has 0 atom stereocenters. The lowest BCUT2D eigenvalue weighted by Crippen LogP contribution is -2.26. The van der Waals surface area contributed by atoms with Crippen molar-refractivity contribution in [3.05, 3.63) is 35.1 Å². The summed E-state index contributed by atoms with van der Waals surface area (Å²) in [6.45, 7) is 4.93. The van der Waals surface area contributed by atoms with E-state index >= 15 is 0 Å². The predicted molar refractivity (Wildman–Crippen MR) is 70.6 cm³/mol. The van der Waals surface area contributed by atoms with Crippen molar-refractivity contribution < 1.29 is 18.7 Å². The van der Waals surface area contributed by atoms with Crippen LogP contribution in [-0.2, 0) is 16.0 Å². The highest BCUT2D eigenvalue weighted by molar-refractivity contribution is 5.89. The van der Waals surface area contributed by atoms with Gasteiger partial charge in [-0.3, -0.25) is 4.90 Å². The summed E-state index contributed by atoms with van der Waals surface area (Å²) in [7, 11) is 2.89. The topological polar surface area (TPSA) is 38.8 Å². The molecule has 1 aromatic carbocycles. The van der Waals surface area contributed by atoms with Gasteiger partial charge in [0.2, 0.25) is 0 Å². The number of methoxy groups -OCH3 is 2. The van der Waals surface area contributed by atoms with Crippen molar-refractivity contribution in [1.82, 2.24) is 4.90 Å². The van der Waals surface area contributed by atoms with Gasteiger partial charge in [0.05, 0.1) is 19.3 Å². The van der Waals surface area contributed by atoms with Gasteiger partial charge in [-0.2, -0.15) is 0 Å². The molecule has 0 unspecified atom stereocenters. The second-order valence-corrected chi connectivity index (χ2v) is 4.17. The Morgan fingerprint density at radius 1 is 1.37 bits per heavy atom. The van der Waals surface area contributed by atoms with Crippen LogP contribution in [0.1, 0.15) is 22.8 Å². The summed E-state index contributed by atoms with van der Waals surface area (Å²) >= 11 is 0. The Bertz CT molecular complexity index is 423. The highest BCUT2D eigenvalue weighted by atomic mass is 19.1. The fourth-order valence-corrected chi connectivity index (χ4v) is 1.76. The van der Waals surface area contributed by atoms with E-state index in [2.05, 4.69) is 9.64 Å². The van der Waals surface area contributed by atoms with Crippen LogP contribution in [0.15, 0.2) is 18.2 Å². The number of carbonyl (C=O) groups is 1. The summed E-state index contributed by atoms with van der Waals surface area (Å²) in [5.41, 5.74) is 0.786. The number of ether oxygens (including phenoxy) is 2. The summed E-state index contributed by atoms with van der Waals surface area (Å²) in [4.78, 5) is 13.4. The smallest absolute Gasteiger partial charge is 0.340 e. The third-order valence-electron chi connectivity index (χ3n) is 2.90. The molecule has 0 fully saturated rings. The van der Waals surface area contributed by atoms with Crippen LogP contribution in [-0.4, -0.2) is 44.8 Å². The number of benzene rings is 1. The van der Waals surface area contributed by atoms with Crippen LogP contribution in [0.5, 0.6) is 0 Å². The van der Waals surface area contributed by atoms with Gasteiger partial charge in [0.25, 0.3) is 0 Å². The first-order chi connectivity index (χ1) is 9.12. The average Bonchev–Trinajstić information content (AvgIpc) is 2.42. The van der Waals surface area contributed by atoms with Crippen LogP contribution >= 0.6 is 0 Å². The molecular weight excluding hydrogens is 249 g/mol. The molecule has 0 aliphatic rings. The molecule has 0 amide bonds. The first-order valence-electron chi connectivity index (χ1n) is 6.20. The molecule has 1 aromatic rings. The Morgan fingerprint density at radius 3 is 2.63 bits per heavy atom. The van der Waals surface area contributed by atoms with E-state index in [1.165, 1.54) is 19.2 Å². The van der Waals surface area contributed by atoms with Gasteiger partial charge in [0.1, 0.15) is 5.82 Å². The molecule has 0 aliphatic heterocycles. The maximum atomic E-state index is 13.7. The van der Waals surface area contributed by atoms with E-state index in [-0.39, 0.29) is 5.56 Å². The highest BCUT2D eigenvalue weighted by Gasteiger charge is 2.13. The number of likely N-dealkylation sites (N-methyl/N-ethyl adjacent to an activating group) is 1. The van der Waals surface area contributed by atoms with Crippen LogP contribution in [0.2, 0.25) is 0 Å². The van der Waals surface area contributed by atoms with Gasteiger partial charge in [-0.25, -0.2) is 9.18 Å². The molecule has 0 saturated carbocycles. The van der Waals surface area contributed by atoms with Crippen molar-refractivity contribution in [3.63, 3.8) is 0 Å². The number of nitrogens with zero attached hydrogens (tertiary/aromatic N) is 1. The molecule has 0 radical (unpaired) electrons. The molecule has 0 spiro atoms. The largest absolute Gasteiger partial charge is 0.465 e. The lowest BCUT2D eigenvalue weighted by Gasteiger charge is -2.20. The predicted octanol–water partition coefficient (Wildman–Crippen LogP) is 2.08. The number of carbonyl (C=O) groups excluding carboxylic acids is 1. The molecule has 0 aliphatic carbocycles. The molecule has 0 bridgehead atoms. The molecule has 1 rings (SSSR count). The molecule has 106 valence electrons. The van der Waals surface area contributed by atoms with Crippen molar-refractivity contribution in [2.24, 2.45) is 0 Å². The van der Waals surface area contributed by atoms with Crippen LogP contribution < -0.4 is 0 Å². The van der Waals surface area contributed by atoms with E-state index in [1.54, 1.807) is 13.2 Å². The third kappa shape index (κ3) is 4.61. The van der Waals surface area contributed by atoms with Crippen molar-refractivity contribution in [1.29, 1.82) is 0 Å². The molecule has 19 heavy (non-hydrogen) atoms. The van der Waals surface area contributed by atoms with E-state index < -0.39 is 11.8 Å². The minimum atomic E-state index is -0.657. The van der Waals surface area contributed by atoms with E-state index in [0.29, 0.717) is 13.2 Å². The van der Waals surface area contributed by atoms with E-state index in [4.69, 9.17) is 4.74 Å². The van der Waals surface area contributed by atoms with Crippen molar-refractivity contribution in [2.75, 3.05) is 33.9 Å². The van der Waals surface area contributed by atoms with Gasteiger partial charge < -0.3 is 9.47 Å². The zero-order chi connectivity index (χ0) is 14.3. The Hall–Kier alpha value is -1.46. The summed E-state index contributed by atoms with van der Waals surface area (Å²) in [5.74, 6) is -1.21. The maximum Gasteiger partial charge on any atom is 0.340 e. The first-order valence-corrected chi connectivity index (χ1v) is 6.20. The minimum Gasteiger partial charge on any atom is -0.465 e. The minimum absolute atomic E-state index is 0.0359. The lowest BCUT2D eigenvalue weighted by atomic mass is 10.1. The number of rotatable bonds is 7. The van der Waals surface area contributed by atoms with Crippen LogP contribution in [0, 0.1) is 5.82 Å². The van der Waals surface area contributed by atoms with E-state index in [0.717, 1.165) is 18.7 Å². The fourth-order valence-electron chi connectivity index (χ4n) is 1.76. The van der Waals surface area contributed by atoms with Crippen LogP contribution in [0.25, 0.3) is 0 Å². The Morgan fingerprint density at radius 2 is 2.11 bits per heavy atom. The van der Waals surface area contributed by atoms with Crippen LogP contribution in [0.3, 0.4) is 0 Å². The second-order valence-electron chi connectivity index (χ2n) is 4.17. The van der Waals surface area contributed by atoms with Crippen molar-refractivity contribution in [2.45, 2.75) is 13.5 Å². The van der Waals surface area contributed by atoms with Crippen LogP contribution in [0.4, 0.5) is 4.39 Å². The second kappa shape index (κ2) is 7.86. The van der Waals surface area contributed by atoms with Crippen molar-refractivity contribution in [3.8, 4) is 0 Å². The van der Waals surface area contributed by atoms with E-state index in [1.807, 2.05) is 6.92 Å². The zero-order valence-corrected chi connectivity index (χ0v) is 11.6. The summed E-state index contributed by atoms with van der Waals surface area (Å²) < 4.78 is 23.3. The van der Waals surface area contributed by atoms with Crippen molar-refractivity contribution >= 4 is 5.97 Å². The van der Waals surface area contributed by atoms with Gasteiger partial charge in [-0.15, -0.1) is 0 Å². The van der Waals surface area contributed by atoms with Gasteiger partial charge in [0.15, 0.2) is 0 Å². The lowest BCUT2D eigenvalue weighted by molar-refractivity contribution is 0.0595. The van der Waals surface area contributed by atoms with Gasteiger partial charge in [-0.05, 0) is 24.2 Å². The van der Waals surface area contributed by atoms with Gasteiger partial charge >= 0.3 is 5.97 Å². The normalized spacial score (nSPS) is 10.8.